The lowest BCUT2D eigenvalue weighted by atomic mass is 10.3. The number of unbranched alkanes of at least 4 members (excludes halogenated alkanes) is 1. The number of benzene rings is 1. The van der Waals surface area contributed by atoms with E-state index in [9.17, 15) is 4.79 Å². The fraction of sp³-hybridized carbons (Fsp3) is 0.385. The highest BCUT2D eigenvalue weighted by atomic mass is 16.1. The van der Waals surface area contributed by atoms with Gasteiger partial charge in [-0.1, -0.05) is 25.5 Å². The van der Waals surface area contributed by atoms with Gasteiger partial charge in [0, 0.05) is 6.54 Å². The zero-order chi connectivity index (χ0) is 13.0. The highest BCUT2D eigenvalue weighted by molar-refractivity contribution is 5.82. The minimum Gasteiger partial charge on any atom is -0.368 e. The Morgan fingerprint density at radius 2 is 2.22 bits per heavy atom. The van der Waals surface area contributed by atoms with E-state index in [0.29, 0.717) is 5.95 Å². The standard InChI is InChI=1S/C13H18N4O/c1-2-3-8-15-13-16-10-6-4-5-7-11(10)17(13)9-12(14)18/h4-7H,2-3,8-9H2,1H3,(H2,14,18)(H,15,16). The predicted molar refractivity (Wildman–Crippen MR) is 72.3 cm³/mol. The number of carbonyl (C=O) groups is 1. The van der Waals surface area contributed by atoms with Crippen LogP contribution in [0.2, 0.25) is 0 Å². The van der Waals surface area contributed by atoms with Gasteiger partial charge in [-0.15, -0.1) is 0 Å². The molecule has 5 heteroatoms. The molecule has 1 aromatic heterocycles. The van der Waals surface area contributed by atoms with Crippen LogP contribution in [0.25, 0.3) is 11.0 Å². The minimum absolute atomic E-state index is 0.148. The SMILES string of the molecule is CCCCNc1nc2ccccc2n1CC(N)=O. The maximum Gasteiger partial charge on any atom is 0.237 e. The molecule has 1 aromatic carbocycles. The Morgan fingerprint density at radius 3 is 2.94 bits per heavy atom. The smallest absolute Gasteiger partial charge is 0.237 e. The molecule has 0 bridgehead atoms. The van der Waals surface area contributed by atoms with Crippen molar-refractivity contribution in [3.8, 4) is 0 Å². The zero-order valence-electron chi connectivity index (χ0n) is 10.5. The van der Waals surface area contributed by atoms with Gasteiger partial charge in [0.2, 0.25) is 11.9 Å². The molecule has 1 amide bonds. The lowest BCUT2D eigenvalue weighted by Gasteiger charge is -2.08. The van der Waals surface area contributed by atoms with E-state index in [1.165, 1.54) is 0 Å². The largest absolute Gasteiger partial charge is 0.368 e. The van der Waals surface area contributed by atoms with Gasteiger partial charge in [-0.2, -0.15) is 0 Å². The molecular weight excluding hydrogens is 228 g/mol. The number of nitrogens with one attached hydrogen (secondary N) is 1. The third-order valence-electron chi connectivity index (χ3n) is 2.78. The number of para-hydroxylation sites is 2. The number of carbonyl (C=O) groups excluding carboxylic acids is 1. The van der Waals surface area contributed by atoms with Crippen molar-refractivity contribution in [2.24, 2.45) is 5.73 Å². The Hall–Kier alpha value is -2.04. The molecule has 0 radical (unpaired) electrons. The fourth-order valence-electron chi connectivity index (χ4n) is 1.90. The third kappa shape index (κ3) is 2.61. The molecule has 0 aliphatic rings. The summed E-state index contributed by atoms with van der Waals surface area (Å²) < 4.78 is 1.83. The molecule has 0 atom stereocenters. The molecule has 0 fully saturated rings. The van der Waals surface area contributed by atoms with Gasteiger partial charge in [0.25, 0.3) is 0 Å². The number of nitrogens with two attached hydrogens (primary N) is 1. The van der Waals surface area contributed by atoms with E-state index < -0.39 is 0 Å². The number of imidazole rings is 1. The first-order chi connectivity index (χ1) is 8.72. The number of anilines is 1. The molecule has 0 spiro atoms. The Labute approximate surface area is 106 Å². The monoisotopic (exact) mass is 246 g/mol. The Bertz CT molecular complexity index is 547. The van der Waals surface area contributed by atoms with Gasteiger partial charge >= 0.3 is 0 Å². The highest BCUT2D eigenvalue weighted by Crippen LogP contribution is 2.19. The van der Waals surface area contributed by atoms with Crippen LogP contribution in [-0.4, -0.2) is 22.0 Å². The summed E-state index contributed by atoms with van der Waals surface area (Å²) in [7, 11) is 0. The summed E-state index contributed by atoms with van der Waals surface area (Å²) in [6.07, 6.45) is 2.18. The van der Waals surface area contributed by atoms with Crippen molar-refractivity contribution in [2.75, 3.05) is 11.9 Å². The van der Waals surface area contributed by atoms with Crippen molar-refractivity contribution in [1.29, 1.82) is 0 Å². The quantitative estimate of drug-likeness (QED) is 0.762. The van der Waals surface area contributed by atoms with Crippen molar-refractivity contribution >= 4 is 22.9 Å². The van der Waals surface area contributed by atoms with Crippen molar-refractivity contribution in [1.82, 2.24) is 9.55 Å². The number of aromatic nitrogens is 2. The van der Waals surface area contributed by atoms with Crippen LogP contribution in [0.15, 0.2) is 24.3 Å². The Kier molecular flexibility index (Phi) is 3.82. The molecule has 0 unspecified atom stereocenters. The van der Waals surface area contributed by atoms with Crippen LogP contribution < -0.4 is 11.1 Å². The van der Waals surface area contributed by atoms with E-state index in [2.05, 4.69) is 17.2 Å². The molecule has 18 heavy (non-hydrogen) atoms. The molecule has 5 nitrogen and oxygen atoms in total. The number of nitrogens with zero attached hydrogens (tertiary/aromatic N) is 2. The minimum atomic E-state index is -0.364. The first-order valence-corrected chi connectivity index (χ1v) is 6.20. The van der Waals surface area contributed by atoms with E-state index >= 15 is 0 Å². The first-order valence-electron chi connectivity index (χ1n) is 6.20. The Balaban J connectivity index is 2.33. The maximum atomic E-state index is 11.1. The molecule has 0 saturated heterocycles. The molecule has 3 N–H and O–H groups in total. The van der Waals surface area contributed by atoms with Gasteiger partial charge in [0.15, 0.2) is 0 Å². The van der Waals surface area contributed by atoms with E-state index in [-0.39, 0.29) is 12.5 Å². The summed E-state index contributed by atoms with van der Waals surface area (Å²) in [6, 6.07) is 7.73. The molecule has 0 saturated carbocycles. The van der Waals surface area contributed by atoms with Crippen molar-refractivity contribution in [3.05, 3.63) is 24.3 Å². The number of fused-ring (bicyclic) bond motifs is 1. The van der Waals surface area contributed by atoms with Crippen LogP contribution in [0, 0.1) is 0 Å². The van der Waals surface area contributed by atoms with Gasteiger partial charge < -0.3 is 15.6 Å². The van der Waals surface area contributed by atoms with Gasteiger partial charge in [0.05, 0.1) is 11.0 Å². The predicted octanol–water partition coefficient (Wildman–Crippen LogP) is 1.73. The summed E-state index contributed by atoms with van der Waals surface area (Å²) in [5, 5.41) is 3.25. The average molecular weight is 246 g/mol. The molecule has 2 rings (SSSR count). The van der Waals surface area contributed by atoms with E-state index in [1.54, 1.807) is 0 Å². The number of primary amides is 1. The summed E-state index contributed by atoms with van der Waals surface area (Å²) in [4.78, 5) is 15.6. The normalized spacial score (nSPS) is 10.7. The van der Waals surface area contributed by atoms with Crippen molar-refractivity contribution in [3.63, 3.8) is 0 Å². The van der Waals surface area contributed by atoms with Crippen LogP contribution in [0.3, 0.4) is 0 Å². The van der Waals surface area contributed by atoms with Crippen LogP contribution in [0.5, 0.6) is 0 Å². The molecular formula is C13H18N4O. The second-order valence-electron chi connectivity index (χ2n) is 4.26. The topological polar surface area (TPSA) is 72.9 Å². The van der Waals surface area contributed by atoms with Crippen LogP contribution in [0.1, 0.15) is 19.8 Å². The number of hydrogen-bond donors (Lipinski definition) is 2. The summed E-state index contributed by atoms with van der Waals surface area (Å²) in [5.74, 6) is 0.347. The second kappa shape index (κ2) is 5.53. The van der Waals surface area contributed by atoms with Crippen LogP contribution in [0.4, 0.5) is 5.95 Å². The van der Waals surface area contributed by atoms with E-state index in [1.807, 2.05) is 28.8 Å². The molecule has 0 aliphatic heterocycles. The maximum absolute atomic E-state index is 11.1. The van der Waals surface area contributed by atoms with Gasteiger partial charge in [0.1, 0.15) is 6.54 Å². The lowest BCUT2D eigenvalue weighted by Crippen LogP contribution is -2.20. The average Bonchev–Trinajstić information content (AvgIpc) is 2.68. The molecule has 0 aliphatic carbocycles. The summed E-state index contributed by atoms with van der Waals surface area (Å²) in [5.41, 5.74) is 7.08. The van der Waals surface area contributed by atoms with Crippen molar-refractivity contribution in [2.45, 2.75) is 26.3 Å². The molecule has 2 aromatic rings. The van der Waals surface area contributed by atoms with Crippen LogP contribution >= 0.6 is 0 Å². The zero-order valence-corrected chi connectivity index (χ0v) is 10.5. The van der Waals surface area contributed by atoms with Crippen LogP contribution in [-0.2, 0) is 11.3 Å². The lowest BCUT2D eigenvalue weighted by molar-refractivity contribution is -0.118. The van der Waals surface area contributed by atoms with Gasteiger partial charge in [-0.25, -0.2) is 4.98 Å². The number of rotatable bonds is 6. The number of hydrogen-bond acceptors (Lipinski definition) is 3. The fourth-order valence-corrected chi connectivity index (χ4v) is 1.90. The van der Waals surface area contributed by atoms with Gasteiger partial charge in [-0.3, -0.25) is 4.79 Å². The number of amides is 1. The summed E-state index contributed by atoms with van der Waals surface area (Å²) in [6.45, 7) is 3.13. The second-order valence-corrected chi connectivity index (χ2v) is 4.26. The first kappa shape index (κ1) is 12.4. The molecule has 1 heterocycles. The van der Waals surface area contributed by atoms with Crippen molar-refractivity contribution < 1.29 is 4.79 Å². The van der Waals surface area contributed by atoms with Gasteiger partial charge in [-0.05, 0) is 18.6 Å². The highest BCUT2D eigenvalue weighted by Gasteiger charge is 2.11. The Morgan fingerprint density at radius 1 is 1.44 bits per heavy atom. The third-order valence-corrected chi connectivity index (χ3v) is 2.78. The van der Waals surface area contributed by atoms with E-state index in [4.69, 9.17) is 5.73 Å². The summed E-state index contributed by atoms with van der Waals surface area (Å²) >= 11 is 0. The molecule has 96 valence electrons. The van der Waals surface area contributed by atoms with E-state index in [0.717, 1.165) is 30.4 Å².